The molecule has 1 atom stereocenters. The van der Waals surface area contributed by atoms with Crippen LogP contribution < -0.4 is 10.2 Å². The summed E-state index contributed by atoms with van der Waals surface area (Å²) in [5, 5.41) is 3.42. The smallest absolute Gasteiger partial charge is 0.237 e. The molecule has 1 aromatic carbocycles. The Bertz CT molecular complexity index is 610. The first-order valence-corrected chi connectivity index (χ1v) is 8.45. The summed E-state index contributed by atoms with van der Waals surface area (Å²) in [7, 11) is 0. The van der Waals surface area contributed by atoms with Gasteiger partial charge in [-0.1, -0.05) is 12.1 Å². The zero-order valence-electron chi connectivity index (χ0n) is 12.4. The van der Waals surface area contributed by atoms with Gasteiger partial charge in [-0.25, -0.2) is 0 Å². The Balaban J connectivity index is 1.53. The maximum Gasteiger partial charge on any atom is 0.237 e. The molecule has 3 nitrogen and oxygen atoms in total. The minimum Gasteiger partial charge on any atom is -0.316 e. The molecule has 1 spiro atoms. The molecule has 110 valence electrons. The minimum atomic E-state index is -0.122. The first kappa shape index (κ1) is 12.2. The van der Waals surface area contributed by atoms with Crippen molar-refractivity contribution < 1.29 is 4.79 Å². The number of rotatable bonds is 3. The lowest BCUT2D eigenvalue weighted by Crippen LogP contribution is -2.36. The number of anilines is 1. The van der Waals surface area contributed by atoms with Crippen molar-refractivity contribution >= 4 is 11.6 Å². The van der Waals surface area contributed by atoms with Crippen LogP contribution in [0.4, 0.5) is 5.69 Å². The zero-order chi connectivity index (χ0) is 14.0. The van der Waals surface area contributed by atoms with Crippen molar-refractivity contribution in [1.82, 2.24) is 5.32 Å². The number of carbonyl (C=O) groups is 1. The van der Waals surface area contributed by atoms with Crippen LogP contribution in [-0.4, -0.2) is 25.5 Å². The standard InChI is InChI=1S/C18H22N2O/c21-17-18(6-7-18)15-4-3-14(13-1-2-13)9-16(15)20(17)11-12-5-8-19-10-12/h3-4,9,12-13,19H,1-2,5-8,10-11H2. The van der Waals surface area contributed by atoms with Crippen LogP contribution in [0.25, 0.3) is 0 Å². The van der Waals surface area contributed by atoms with E-state index in [0.717, 1.165) is 38.4 Å². The Labute approximate surface area is 125 Å². The van der Waals surface area contributed by atoms with Crippen molar-refractivity contribution in [2.75, 3.05) is 24.5 Å². The van der Waals surface area contributed by atoms with Crippen LogP contribution in [0.5, 0.6) is 0 Å². The lowest BCUT2D eigenvalue weighted by molar-refractivity contribution is -0.120. The molecule has 0 bridgehead atoms. The Morgan fingerprint density at radius 3 is 2.76 bits per heavy atom. The van der Waals surface area contributed by atoms with E-state index in [0.29, 0.717) is 11.8 Å². The molecule has 2 aliphatic carbocycles. The summed E-state index contributed by atoms with van der Waals surface area (Å²) in [6.45, 7) is 3.08. The number of hydrogen-bond acceptors (Lipinski definition) is 2. The maximum absolute atomic E-state index is 12.9. The zero-order valence-corrected chi connectivity index (χ0v) is 12.4. The fourth-order valence-corrected chi connectivity index (χ4v) is 4.25. The van der Waals surface area contributed by atoms with Gasteiger partial charge in [0.05, 0.1) is 5.41 Å². The van der Waals surface area contributed by atoms with E-state index in [2.05, 4.69) is 28.4 Å². The van der Waals surface area contributed by atoms with E-state index in [-0.39, 0.29) is 5.41 Å². The number of fused-ring (bicyclic) bond motifs is 2. The molecule has 1 aromatic rings. The lowest BCUT2D eigenvalue weighted by Gasteiger charge is -2.22. The predicted octanol–water partition coefficient (Wildman–Crippen LogP) is 2.55. The second-order valence-corrected chi connectivity index (χ2v) is 7.41. The van der Waals surface area contributed by atoms with E-state index in [4.69, 9.17) is 0 Å². The van der Waals surface area contributed by atoms with Crippen LogP contribution >= 0.6 is 0 Å². The molecule has 2 saturated carbocycles. The largest absolute Gasteiger partial charge is 0.316 e. The van der Waals surface area contributed by atoms with E-state index in [1.54, 1.807) is 0 Å². The molecular formula is C18H22N2O. The van der Waals surface area contributed by atoms with Crippen LogP contribution in [0.2, 0.25) is 0 Å². The van der Waals surface area contributed by atoms with E-state index in [9.17, 15) is 4.79 Å². The molecule has 3 fully saturated rings. The van der Waals surface area contributed by atoms with Gasteiger partial charge in [0.2, 0.25) is 5.91 Å². The highest BCUT2D eigenvalue weighted by Crippen LogP contribution is 2.58. The van der Waals surface area contributed by atoms with Gasteiger partial charge in [0.15, 0.2) is 0 Å². The van der Waals surface area contributed by atoms with Crippen molar-refractivity contribution in [3.63, 3.8) is 0 Å². The Hall–Kier alpha value is -1.35. The monoisotopic (exact) mass is 282 g/mol. The van der Waals surface area contributed by atoms with Gasteiger partial charge in [-0.05, 0) is 74.2 Å². The highest BCUT2D eigenvalue weighted by atomic mass is 16.2. The summed E-state index contributed by atoms with van der Waals surface area (Å²) in [6.07, 6.45) is 5.96. The predicted molar refractivity (Wildman–Crippen MR) is 82.7 cm³/mol. The Morgan fingerprint density at radius 2 is 2.10 bits per heavy atom. The molecule has 1 saturated heterocycles. The van der Waals surface area contributed by atoms with E-state index in [1.165, 1.54) is 36.1 Å². The first-order valence-electron chi connectivity index (χ1n) is 8.45. The third kappa shape index (κ3) is 1.73. The van der Waals surface area contributed by atoms with Crippen LogP contribution in [0.3, 0.4) is 0 Å². The highest BCUT2D eigenvalue weighted by Gasteiger charge is 2.59. The molecule has 2 aliphatic heterocycles. The molecule has 0 radical (unpaired) electrons. The molecule has 1 amide bonds. The van der Waals surface area contributed by atoms with Crippen molar-refractivity contribution in [3.8, 4) is 0 Å². The van der Waals surface area contributed by atoms with Crippen LogP contribution in [0, 0.1) is 5.92 Å². The first-order chi connectivity index (χ1) is 10.3. The molecule has 1 unspecified atom stereocenters. The molecule has 1 N–H and O–H groups in total. The lowest BCUT2D eigenvalue weighted by atomic mass is 9.96. The summed E-state index contributed by atoms with van der Waals surface area (Å²) in [5.74, 6) is 1.77. The summed E-state index contributed by atoms with van der Waals surface area (Å²) >= 11 is 0. The summed E-state index contributed by atoms with van der Waals surface area (Å²) in [6, 6.07) is 6.88. The van der Waals surface area contributed by atoms with Gasteiger partial charge in [0.25, 0.3) is 0 Å². The molecular weight excluding hydrogens is 260 g/mol. The third-order valence-electron chi connectivity index (χ3n) is 5.88. The fraction of sp³-hybridized carbons (Fsp3) is 0.611. The number of benzene rings is 1. The number of nitrogens with one attached hydrogen (secondary N) is 1. The SMILES string of the molecule is O=C1N(CC2CCNC2)c2cc(C3CC3)ccc2C12CC2. The van der Waals surface area contributed by atoms with Crippen molar-refractivity contribution in [2.45, 2.75) is 43.4 Å². The van der Waals surface area contributed by atoms with Crippen LogP contribution in [-0.2, 0) is 10.2 Å². The average molecular weight is 282 g/mol. The van der Waals surface area contributed by atoms with Crippen LogP contribution in [0.15, 0.2) is 18.2 Å². The molecule has 2 heterocycles. The Morgan fingerprint density at radius 1 is 1.24 bits per heavy atom. The van der Waals surface area contributed by atoms with Gasteiger partial charge in [0, 0.05) is 12.2 Å². The molecule has 5 rings (SSSR count). The van der Waals surface area contributed by atoms with Crippen molar-refractivity contribution in [1.29, 1.82) is 0 Å². The maximum atomic E-state index is 12.9. The quantitative estimate of drug-likeness (QED) is 0.924. The molecule has 21 heavy (non-hydrogen) atoms. The van der Waals surface area contributed by atoms with Gasteiger partial charge < -0.3 is 10.2 Å². The number of amides is 1. The van der Waals surface area contributed by atoms with Gasteiger partial charge >= 0.3 is 0 Å². The Kier molecular flexibility index (Phi) is 2.38. The average Bonchev–Trinajstić information content (AvgIpc) is 3.41. The second kappa shape index (κ2) is 4.10. The van der Waals surface area contributed by atoms with Crippen LogP contribution in [0.1, 0.15) is 49.1 Å². The number of hydrogen-bond donors (Lipinski definition) is 1. The van der Waals surface area contributed by atoms with Gasteiger partial charge in [0.1, 0.15) is 0 Å². The molecule has 0 aromatic heterocycles. The van der Waals surface area contributed by atoms with E-state index in [1.807, 2.05) is 0 Å². The second-order valence-electron chi connectivity index (χ2n) is 7.41. The topological polar surface area (TPSA) is 32.3 Å². The number of nitrogens with zero attached hydrogens (tertiary/aromatic N) is 1. The van der Waals surface area contributed by atoms with Gasteiger partial charge in [-0.15, -0.1) is 0 Å². The van der Waals surface area contributed by atoms with Crippen molar-refractivity contribution in [3.05, 3.63) is 29.3 Å². The van der Waals surface area contributed by atoms with Gasteiger partial charge in [-0.3, -0.25) is 4.79 Å². The molecule has 3 heteroatoms. The number of carbonyl (C=O) groups excluding carboxylic acids is 1. The summed E-state index contributed by atoms with van der Waals surface area (Å²) in [5.41, 5.74) is 3.90. The van der Waals surface area contributed by atoms with E-state index >= 15 is 0 Å². The van der Waals surface area contributed by atoms with Gasteiger partial charge in [-0.2, -0.15) is 0 Å². The summed E-state index contributed by atoms with van der Waals surface area (Å²) in [4.78, 5) is 15.1. The normalized spacial score (nSPS) is 29.2. The van der Waals surface area contributed by atoms with E-state index < -0.39 is 0 Å². The highest BCUT2D eigenvalue weighted by molar-refractivity contribution is 6.10. The minimum absolute atomic E-state index is 0.122. The fourth-order valence-electron chi connectivity index (χ4n) is 4.25. The summed E-state index contributed by atoms with van der Waals surface area (Å²) < 4.78 is 0. The van der Waals surface area contributed by atoms with Crippen molar-refractivity contribution in [2.24, 2.45) is 5.92 Å². The molecule has 4 aliphatic rings. The third-order valence-corrected chi connectivity index (χ3v) is 5.88.